The van der Waals surface area contributed by atoms with Crippen molar-refractivity contribution in [2.24, 2.45) is 23.0 Å². The number of hydrogen-bond acceptors (Lipinski definition) is 2. The first-order valence-electron chi connectivity index (χ1n) is 7.89. The number of methoxy groups -OCH3 is 1. The Kier molecular flexibility index (Phi) is 4.92. The largest absolute Gasteiger partial charge is 0.494 e. The molecule has 3 heteroatoms. The highest BCUT2D eigenvalue weighted by molar-refractivity contribution is 5.29. The van der Waals surface area contributed by atoms with Gasteiger partial charge in [-0.1, -0.05) is 26.8 Å². The molecule has 3 unspecified atom stereocenters. The van der Waals surface area contributed by atoms with Gasteiger partial charge in [0.05, 0.1) is 7.11 Å². The Morgan fingerprint density at radius 2 is 2.00 bits per heavy atom. The minimum absolute atomic E-state index is 0.230. The first-order chi connectivity index (χ1) is 9.81. The molecule has 1 aromatic carbocycles. The van der Waals surface area contributed by atoms with Gasteiger partial charge in [-0.05, 0) is 60.6 Å². The highest BCUT2D eigenvalue weighted by Gasteiger charge is 2.34. The van der Waals surface area contributed by atoms with Crippen molar-refractivity contribution in [1.29, 1.82) is 0 Å². The third-order valence-electron chi connectivity index (χ3n) is 4.98. The third-order valence-corrected chi connectivity index (χ3v) is 4.98. The maximum atomic E-state index is 13.8. The highest BCUT2D eigenvalue weighted by atomic mass is 19.1. The fourth-order valence-corrected chi connectivity index (χ4v) is 3.45. The van der Waals surface area contributed by atoms with Crippen molar-refractivity contribution in [3.8, 4) is 5.75 Å². The van der Waals surface area contributed by atoms with Crippen molar-refractivity contribution >= 4 is 0 Å². The van der Waals surface area contributed by atoms with E-state index in [2.05, 4.69) is 20.8 Å². The molecule has 0 spiro atoms. The molecule has 0 bridgehead atoms. The van der Waals surface area contributed by atoms with E-state index in [-0.39, 0.29) is 11.9 Å². The Hall–Kier alpha value is -1.09. The van der Waals surface area contributed by atoms with E-state index in [1.165, 1.54) is 13.5 Å². The lowest BCUT2D eigenvalue weighted by Gasteiger charge is -2.40. The van der Waals surface area contributed by atoms with Gasteiger partial charge in [0, 0.05) is 6.04 Å². The number of halogens is 1. The molecule has 1 aromatic rings. The zero-order chi connectivity index (χ0) is 15.6. The van der Waals surface area contributed by atoms with Gasteiger partial charge in [-0.25, -0.2) is 4.39 Å². The van der Waals surface area contributed by atoms with Crippen LogP contribution in [0.5, 0.6) is 5.75 Å². The molecule has 0 amide bonds. The standard InChI is InChI=1S/C18H28FNO/c1-18(2,3)14-6-7-16(20)13(11-14)9-12-5-8-17(21-4)15(19)10-12/h5,8,10,13-14,16H,6-7,9,11,20H2,1-4H3. The van der Waals surface area contributed by atoms with Crippen LogP contribution in [0.2, 0.25) is 0 Å². The van der Waals surface area contributed by atoms with Gasteiger partial charge >= 0.3 is 0 Å². The van der Waals surface area contributed by atoms with Crippen LogP contribution < -0.4 is 10.5 Å². The first-order valence-corrected chi connectivity index (χ1v) is 7.89. The minimum Gasteiger partial charge on any atom is -0.494 e. The summed E-state index contributed by atoms with van der Waals surface area (Å²) in [6, 6.07) is 5.48. The molecule has 21 heavy (non-hydrogen) atoms. The SMILES string of the molecule is COc1ccc(CC2CC(C(C)(C)C)CCC2N)cc1F. The molecular weight excluding hydrogens is 265 g/mol. The van der Waals surface area contributed by atoms with Gasteiger partial charge in [-0.2, -0.15) is 0 Å². The maximum Gasteiger partial charge on any atom is 0.165 e. The van der Waals surface area contributed by atoms with Gasteiger partial charge in [-0.15, -0.1) is 0 Å². The van der Waals surface area contributed by atoms with Crippen molar-refractivity contribution in [1.82, 2.24) is 0 Å². The topological polar surface area (TPSA) is 35.2 Å². The number of rotatable bonds is 3. The van der Waals surface area contributed by atoms with Gasteiger partial charge in [-0.3, -0.25) is 0 Å². The number of nitrogens with two attached hydrogens (primary N) is 1. The molecule has 1 saturated carbocycles. The van der Waals surface area contributed by atoms with E-state index in [0.29, 0.717) is 23.0 Å². The predicted octanol–water partition coefficient (Wildman–Crippen LogP) is 4.17. The zero-order valence-corrected chi connectivity index (χ0v) is 13.7. The molecule has 0 heterocycles. The maximum absolute atomic E-state index is 13.8. The number of hydrogen-bond donors (Lipinski definition) is 1. The van der Waals surface area contributed by atoms with E-state index in [0.717, 1.165) is 24.8 Å². The molecule has 1 aliphatic carbocycles. The van der Waals surface area contributed by atoms with Crippen LogP contribution in [0.3, 0.4) is 0 Å². The number of ether oxygens (including phenoxy) is 1. The van der Waals surface area contributed by atoms with E-state index >= 15 is 0 Å². The fourth-order valence-electron chi connectivity index (χ4n) is 3.45. The second-order valence-corrected chi connectivity index (χ2v) is 7.47. The summed E-state index contributed by atoms with van der Waals surface area (Å²) in [4.78, 5) is 0. The normalized spacial score (nSPS) is 26.7. The van der Waals surface area contributed by atoms with E-state index in [1.807, 2.05) is 6.07 Å². The highest BCUT2D eigenvalue weighted by Crippen LogP contribution is 2.41. The van der Waals surface area contributed by atoms with Crippen LogP contribution in [0.4, 0.5) is 4.39 Å². The lowest BCUT2D eigenvalue weighted by Crippen LogP contribution is -2.40. The van der Waals surface area contributed by atoms with Crippen molar-refractivity contribution in [2.75, 3.05) is 7.11 Å². The summed E-state index contributed by atoms with van der Waals surface area (Å²) in [7, 11) is 1.49. The Labute approximate surface area is 127 Å². The van der Waals surface area contributed by atoms with Gasteiger partial charge in [0.25, 0.3) is 0 Å². The second kappa shape index (κ2) is 6.35. The lowest BCUT2D eigenvalue weighted by atomic mass is 9.66. The molecule has 0 aromatic heterocycles. The van der Waals surface area contributed by atoms with Crippen LogP contribution in [0, 0.1) is 23.1 Å². The molecule has 2 nitrogen and oxygen atoms in total. The summed E-state index contributed by atoms with van der Waals surface area (Å²) < 4.78 is 18.8. The van der Waals surface area contributed by atoms with E-state index in [4.69, 9.17) is 10.5 Å². The molecule has 3 atom stereocenters. The van der Waals surface area contributed by atoms with Gasteiger partial charge in [0.1, 0.15) is 0 Å². The summed E-state index contributed by atoms with van der Waals surface area (Å²) in [5, 5.41) is 0. The van der Waals surface area contributed by atoms with Crippen molar-refractivity contribution < 1.29 is 9.13 Å². The molecule has 0 saturated heterocycles. The quantitative estimate of drug-likeness (QED) is 0.908. The molecule has 118 valence electrons. The number of benzene rings is 1. The van der Waals surface area contributed by atoms with Crippen LogP contribution in [-0.2, 0) is 6.42 Å². The molecular formula is C18H28FNO. The molecule has 0 aliphatic heterocycles. The van der Waals surface area contributed by atoms with Crippen LogP contribution in [0.15, 0.2) is 18.2 Å². The summed E-state index contributed by atoms with van der Waals surface area (Å²) in [6.07, 6.45) is 4.27. The smallest absolute Gasteiger partial charge is 0.165 e. The molecule has 2 rings (SSSR count). The lowest BCUT2D eigenvalue weighted by molar-refractivity contribution is 0.126. The Morgan fingerprint density at radius 1 is 1.29 bits per heavy atom. The molecule has 1 fully saturated rings. The van der Waals surface area contributed by atoms with Crippen molar-refractivity contribution in [2.45, 2.75) is 52.5 Å². The van der Waals surface area contributed by atoms with E-state index < -0.39 is 0 Å². The summed E-state index contributed by atoms with van der Waals surface area (Å²) in [6.45, 7) is 6.91. The van der Waals surface area contributed by atoms with Crippen LogP contribution in [0.25, 0.3) is 0 Å². The molecule has 0 radical (unpaired) electrons. The van der Waals surface area contributed by atoms with Gasteiger partial charge in [0.2, 0.25) is 0 Å². The summed E-state index contributed by atoms with van der Waals surface area (Å²) >= 11 is 0. The predicted molar refractivity (Wildman–Crippen MR) is 84.9 cm³/mol. The molecule has 2 N–H and O–H groups in total. The summed E-state index contributed by atoms with van der Waals surface area (Å²) in [5.74, 6) is 1.16. The van der Waals surface area contributed by atoms with Gasteiger partial charge in [0.15, 0.2) is 11.6 Å². The third kappa shape index (κ3) is 3.97. The van der Waals surface area contributed by atoms with E-state index in [9.17, 15) is 4.39 Å². The van der Waals surface area contributed by atoms with Crippen LogP contribution in [-0.4, -0.2) is 13.2 Å². The second-order valence-electron chi connectivity index (χ2n) is 7.47. The average molecular weight is 293 g/mol. The zero-order valence-electron chi connectivity index (χ0n) is 13.7. The Bertz CT molecular complexity index is 481. The Balaban J connectivity index is 2.08. The fraction of sp³-hybridized carbons (Fsp3) is 0.667. The first kappa shape index (κ1) is 16.3. The molecule has 1 aliphatic rings. The van der Waals surface area contributed by atoms with Gasteiger partial charge < -0.3 is 10.5 Å². The van der Waals surface area contributed by atoms with Crippen LogP contribution in [0.1, 0.15) is 45.6 Å². The monoisotopic (exact) mass is 293 g/mol. The minimum atomic E-state index is -0.285. The van der Waals surface area contributed by atoms with Crippen molar-refractivity contribution in [3.63, 3.8) is 0 Å². The van der Waals surface area contributed by atoms with Crippen molar-refractivity contribution in [3.05, 3.63) is 29.6 Å². The Morgan fingerprint density at radius 3 is 2.57 bits per heavy atom. The average Bonchev–Trinajstić information content (AvgIpc) is 2.40. The van der Waals surface area contributed by atoms with Crippen LogP contribution >= 0.6 is 0 Å². The van der Waals surface area contributed by atoms with E-state index in [1.54, 1.807) is 12.1 Å². The summed E-state index contributed by atoms with van der Waals surface area (Å²) in [5.41, 5.74) is 7.65.